The van der Waals surface area contributed by atoms with E-state index in [1.54, 1.807) is 23.0 Å². The molecular formula is C12H17N3O3S. The number of hydroxylamine groups is 1. The fourth-order valence-corrected chi connectivity index (χ4v) is 1.98. The number of hydrazone groups is 1. The molecule has 0 bridgehead atoms. The molecule has 0 aromatic carbocycles. The van der Waals surface area contributed by atoms with Gasteiger partial charge in [-0.1, -0.05) is 12.5 Å². The Kier molecular flexibility index (Phi) is 7.45. The second-order valence-corrected chi connectivity index (χ2v) is 4.88. The van der Waals surface area contributed by atoms with Crippen molar-refractivity contribution in [1.29, 1.82) is 0 Å². The van der Waals surface area contributed by atoms with Gasteiger partial charge in [0, 0.05) is 17.7 Å². The van der Waals surface area contributed by atoms with Crippen molar-refractivity contribution >= 4 is 29.4 Å². The van der Waals surface area contributed by atoms with Crippen LogP contribution in [0.4, 0.5) is 0 Å². The minimum Gasteiger partial charge on any atom is -0.289 e. The molecule has 1 aromatic heterocycles. The Hall–Kier alpha value is -1.73. The summed E-state index contributed by atoms with van der Waals surface area (Å²) in [5.74, 6) is -0.538. The van der Waals surface area contributed by atoms with Gasteiger partial charge in [0.05, 0.1) is 6.21 Å². The molecule has 0 saturated heterocycles. The highest BCUT2D eigenvalue weighted by Crippen LogP contribution is 2.05. The summed E-state index contributed by atoms with van der Waals surface area (Å²) in [4.78, 5) is 23.1. The Morgan fingerprint density at radius 2 is 2.00 bits per heavy atom. The van der Waals surface area contributed by atoms with Crippen LogP contribution >= 0.6 is 11.3 Å². The zero-order valence-corrected chi connectivity index (χ0v) is 11.3. The fourth-order valence-electron chi connectivity index (χ4n) is 1.39. The van der Waals surface area contributed by atoms with Crippen molar-refractivity contribution in [3.8, 4) is 0 Å². The second kappa shape index (κ2) is 9.23. The van der Waals surface area contributed by atoms with E-state index in [-0.39, 0.29) is 12.3 Å². The summed E-state index contributed by atoms with van der Waals surface area (Å²) >= 11 is 1.54. The quantitative estimate of drug-likeness (QED) is 0.293. The molecule has 0 radical (unpaired) electrons. The molecule has 0 atom stereocenters. The zero-order valence-electron chi connectivity index (χ0n) is 10.5. The summed E-state index contributed by atoms with van der Waals surface area (Å²) in [6.45, 7) is 0. The third-order valence-electron chi connectivity index (χ3n) is 2.36. The van der Waals surface area contributed by atoms with E-state index in [0.717, 1.165) is 11.3 Å². The number of rotatable bonds is 8. The predicted molar refractivity (Wildman–Crippen MR) is 73.1 cm³/mol. The van der Waals surface area contributed by atoms with Crippen LogP contribution in [0, 0.1) is 0 Å². The van der Waals surface area contributed by atoms with Gasteiger partial charge in [-0.25, -0.2) is 10.9 Å². The summed E-state index contributed by atoms with van der Waals surface area (Å²) in [6, 6.07) is 3.82. The van der Waals surface area contributed by atoms with Gasteiger partial charge in [0.25, 0.3) is 0 Å². The minimum atomic E-state index is -0.398. The molecule has 1 heterocycles. The molecule has 0 fully saturated rings. The average Bonchev–Trinajstić information content (AvgIpc) is 2.91. The van der Waals surface area contributed by atoms with Crippen LogP contribution in [0.1, 0.15) is 37.0 Å². The molecule has 3 N–H and O–H groups in total. The van der Waals surface area contributed by atoms with Gasteiger partial charge >= 0.3 is 0 Å². The van der Waals surface area contributed by atoms with Crippen molar-refractivity contribution in [3.63, 3.8) is 0 Å². The Bertz CT molecular complexity index is 418. The van der Waals surface area contributed by atoms with Crippen LogP contribution in [0.5, 0.6) is 0 Å². The zero-order chi connectivity index (χ0) is 13.9. The Labute approximate surface area is 115 Å². The average molecular weight is 283 g/mol. The summed E-state index contributed by atoms with van der Waals surface area (Å²) in [5, 5.41) is 14.1. The maximum Gasteiger partial charge on any atom is 0.243 e. The van der Waals surface area contributed by atoms with Gasteiger partial charge in [-0.05, 0) is 24.3 Å². The van der Waals surface area contributed by atoms with E-state index in [4.69, 9.17) is 5.21 Å². The van der Waals surface area contributed by atoms with Crippen LogP contribution in [0.2, 0.25) is 0 Å². The lowest BCUT2D eigenvalue weighted by Crippen LogP contribution is -2.18. The van der Waals surface area contributed by atoms with Crippen LogP contribution in [-0.4, -0.2) is 23.2 Å². The van der Waals surface area contributed by atoms with Gasteiger partial charge < -0.3 is 0 Å². The summed E-state index contributed by atoms with van der Waals surface area (Å²) in [6.07, 6.45) is 4.36. The van der Waals surface area contributed by atoms with Crippen LogP contribution in [0.25, 0.3) is 0 Å². The van der Waals surface area contributed by atoms with Gasteiger partial charge in [0.15, 0.2) is 0 Å². The van der Waals surface area contributed by atoms with Crippen LogP contribution in [0.15, 0.2) is 22.6 Å². The minimum absolute atomic E-state index is 0.139. The molecule has 0 spiro atoms. The lowest BCUT2D eigenvalue weighted by atomic mass is 10.1. The highest BCUT2D eigenvalue weighted by Gasteiger charge is 2.01. The van der Waals surface area contributed by atoms with E-state index >= 15 is 0 Å². The molecule has 0 aliphatic rings. The molecule has 0 saturated carbocycles. The lowest BCUT2D eigenvalue weighted by molar-refractivity contribution is -0.129. The molecule has 0 aliphatic heterocycles. The first-order valence-electron chi connectivity index (χ1n) is 6.00. The number of nitrogens with one attached hydrogen (secondary N) is 2. The van der Waals surface area contributed by atoms with E-state index < -0.39 is 5.91 Å². The SMILES string of the molecule is O=C(CCCCCC(=O)N/N=C/c1cccs1)NO. The van der Waals surface area contributed by atoms with Crippen molar-refractivity contribution in [2.24, 2.45) is 5.10 Å². The van der Waals surface area contributed by atoms with Crippen molar-refractivity contribution in [3.05, 3.63) is 22.4 Å². The molecule has 0 unspecified atom stereocenters. The maximum atomic E-state index is 11.4. The molecule has 104 valence electrons. The first-order valence-corrected chi connectivity index (χ1v) is 6.88. The number of unbranched alkanes of at least 4 members (excludes halogenated alkanes) is 2. The van der Waals surface area contributed by atoms with Crippen LogP contribution in [-0.2, 0) is 9.59 Å². The second-order valence-electron chi connectivity index (χ2n) is 3.90. The van der Waals surface area contributed by atoms with E-state index in [1.165, 1.54) is 0 Å². The van der Waals surface area contributed by atoms with E-state index in [2.05, 4.69) is 10.5 Å². The molecule has 1 rings (SSSR count). The number of hydrogen-bond donors (Lipinski definition) is 3. The number of hydrogen-bond acceptors (Lipinski definition) is 5. The number of carbonyl (C=O) groups is 2. The number of carbonyl (C=O) groups excluding carboxylic acids is 2. The smallest absolute Gasteiger partial charge is 0.243 e. The standard InChI is InChI=1S/C12H17N3O3S/c16-11(6-2-1-3-7-12(17)15-18)14-13-9-10-5-4-8-19-10/h4-5,8-9,18H,1-3,6-7H2,(H,14,16)(H,15,17)/b13-9+. The van der Waals surface area contributed by atoms with Gasteiger partial charge in [0.1, 0.15) is 0 Å². The topological polar surface area (TPSA) is 90.8 Å². The molecule has 19 heavy (non-hydrogen) atoms. The fraction of sp³-hybridized carbons (Fsp3) is 0.417. The summed E-state index contributed by atoms with van der Waals surface area (Å²) < 4.78 is 0. The van der Waals surface area contributed by atoms with Gasteiger partial charge in [-0.3, -0.25) is 14.8 Å². The number of thiophene rings is 1. The molecule has 2 amide bonds. The monoisotopic (exact) mass is 283 g/mol. The van der Waals surface area contributed by atoms with Gasteiger partial charge in [-0.15, -0.1) is 11.3 Å². The normalized spacial score (nSPS) is 10.6. The summed E-state index contributed by atoms with van der Waals surface area (Å²) in [5.41, 5.74) is 4.02. The third-order valence-corrected chi connectivity index (χ3v) is 3.16. The Morgan fingerprint density at radius 3 is 2.63 bits per heavy atom. The molecular weight excluding hydrogens is 266 g/mol. The largest absolute Gasteiger partial charge is 0.289 e. The van der Waals surface area contributed by atoms with Crippen molar-refractivity contribution in [2.75, 3.05) is 0 Å². The highest BCUT2D eigenvalue weighted by molar-refractivity contribution is 7.11. The van der Waals surface area contributed by atoms with Crippen molar-refractivity contribution in [1.82, 2.24) is 10.9 Å². The number of amides is 2. The van der Waals surface area contributed by atoms with Crippen molar-refractivity contribution in [2.45, 2.75) is 32.1 Å². The molecule has 0 aliphatic carbocycles. The molecule has 7 heteroatoms. The third kappa shape index (κ3) is 7.32. The summed E-state index contributed by atoms with van der Waals surface area (Å²) in [7, 11) is 0. The molecule has 1 aromatic rings. The number of nitrogens with zero attached hydrogens (tertiary/aromatic N) is 1. The van der Waals surface area contributed by atoms with Gasteiger partial charge in [-0.2, -0.15) is 5.10 Å². The van der Waals surface area contributed by atoms with Crippen LogP contribution in [0.3, 0.4) is 0 Å². The first-order chi connectivity index (χ1) is 9.22. The van der Waals surface area contributed by atoms with Crippen LogP contribution < -0.4 is 10.9 Å². The first kappa shape index (κ1) is 15.3. The van der Waals surface area contributed by atoms with Crippen molar-refractivity contribution < 1.29 is 14.8 Å². The van der Waals surface area contributed by atoms with Gasteiger partial charge in [0.2, 0.25) is 11.8 Å². The Balaban J connectivity index is 2.03. The molecule has 6 nitrogen and oxygen atoms in total. The maximum absolute atomic E-state index is 11.4. The van der Waals surface area contributed by atoms with E-state index in [1.807, 2.05) is 17.5 Å². The van der Waals surface area contributed by atoms with E-state index in [9.17, 15) is 9.59 Å². The predicted octanol–water partition coefficient (Wildman–Crippen LogP) is 1.65. The highest BCUT2D eigenvalue weighted by atomic mass is 32.1. The Morgan fingerprint density at radius 1 is 1.26 bits per heavy atom. The van der Waals surface area contributed by atoms with E-state index in [0.29, 0.717) is 19.3 Å². The lowest BCUT2D eigenvalue weighted by Gasteiger charge is -2.00.